The Morgan fingerprint density at radius 2 is 2.11 bits per heavy atom. The number of methoxy groups -OCH3 is 1. The zero-order chi connectivity index (χ0) is 13.1. The highest BCUT2D eigenvalue weighted by atomic mass is 16.5. The van der Waals surface area contributed by atoms with Crippen LogP contribution in [0.3, 0.4) is 0 Å². The summed E-state index contributed by atoms with van der Waals surface area (Å²) in [4.78, 5) is 0. The van der Waals surface area contributed by atoms with E-state index < -0.39 is 0 Å². The fourth-order valence-corrected chi connectivity index (χ4v) is 2.94. The maximum absolute atomic E-state index is 5.20. The highest BCUT2D eigenvalue weighted by Gasteiger charge is 2.41. The van der Waals surface area contributed by atoms with Gasteiger partial charge in [-0.1, -0.05) is 18.2 Å². The summed E-state index contributed by atoms with van der Waals surface area (Å²) in [6.45, 7) is 5.07. The molecule has 2 aliphatic rings. The fourth-order valence-electron chi connectivity index (χ4n) is 2.94. The summed E-state index contributed by atoms with van der Waals surface area (Å²) in [5.74, 6) is 0. The van der Waals surface area contributed by atoms with Gasteiger partial charge in [-0.2, -0.15) is 0 Å². The van der Waals surface area contributed by atoms with E-state index in [9.17, 15) is 0 Å². The topological polar surface area (TPSA) is 33.3 Å². The standard InChI is InChI=1S/C16H24N2O/c1-19-7-6-16(4-5-16)12-18-9-13-2-3-14-10-17-11-15(14)8-13/h2-3,8,17-18H,4-7,9-12H2,1H3. The molecule has 0 amide bonds. The second kappa shape index (κ2) is 5.61. The second-order valence-electron chi connectivity index (χ2n) is 6.05. The average Bonchev–Trinajstić information content (AvgIpc) is 3.03. The van der Waals surface area contributed by atoms with Gasteiger partial charge in [0.05, 0.1) is 0 Å². The van der Waals surface area contributed by atoms with Crippen LogP contribution in [0.25, 0.3) is 0 Å². The first-order valence-electron chi connectivity index (χ1n) is 7.32. The molecule has 0 atom stereocenters. The van der Waals surface area contributed by atoms with E-state index in [4.69, 9.17) is 4.74 Å². The molecule has 0 spiro atoms. The highest BCUT2D eigenvalue weighted by Crippen LogP contribution is 2.48. The van der Waals surface area contributed by atoms with Crippen LogP contribution in [-0.4, -0.2) is 20.3 Å². The van der Waals surface area contributed by atoms with Crippen molar-refractivity contribution in [1.82, 2.24) is 10.6 Å². The largest absolute Gasteiger partial charge is 0.385 e. The molecule has 1 aromatic rings. The van der Waals surface area contributed by atoms with Gasteiger partial charge in [-0.3, -0.25) is 0 Å². The monoisotopic (exact) mass is 260 g/mol. The van der Waals surface area contributed by atoms with Crippen LogP contribution >= 0.6 is 0 Å². The summed E-state index contributed by atoms with van der Waals surface area (Å²) in [5.41, 5.74) is 4.88. The fraction of sp³-hybridized carbons (Fsp3) is 0.625. The predicted octanol–water partition coefficient (Wildman–Crippen LogP) is 2.20. The van der Waals surface area contributed by atoms with Crippen LogP contribution in [0.15, 0.2) is 18.2 Å². The number of ether oxygens (including phenoxy) is 1. The van der Waals surface area contributed by atoms with Gasteiger partial charge >= 0.3 is 0 Å². The molecule has 0 aromatic heterocycles. The molecular weight excluding hydrogens is 236 g/mol. The van der Waals surface area contributed by atoms with Crippen LogP contribution in [0.5, 0.6) is 0 Å². The number of hydrogen-bond donors (Lipinski definition) is 2. The van der Waals surface area contributed by atoms with Crippen LogP contribution in [0, 0.1) is 5.41 Å². The van der Waals surface area contributed by atoms with Crippen molar-refractivity contribution in [2.45, 2.75) is 38.9 Å². The molecule has 0 radical (unpaired) electrons. The van der Waals surface area contributed by atoms with Crippen LogP contribution in [-0.2, 0) is 24.4 Å². The SMILES string of the molecule is COCCC1(CNCc2ccc3c(c2)CNC3)CC1. The third-order valence-corrected chi connectivity index (χ3v) is 4.52. The van der Waals surface area contributed by atoms with Crippen molar-refractivity contribution in [2.24, 2.45) is 5.41 Å². The Morgan fingerprint density at radius 3 is 2.89 bits per heavy atom. The molecule has 1 aromatic carbocycles. The third-order valence-electron chi connectivity index (χ3n) is 4.52. The lowest BCUT2D eigenvalue weighted by Gasteiger charge is -2.15. The summed E-state index contributed by atoms with van der Waals surface area (Å²) >= 11 is 0. The van der Waals surface area contributed by atoms with Crippen molar-refractivity contribution in [1.29, 1.82) is 0 Å². The summed E-state index contributed by atoms with van der Waals surface area (Å²) in [5, 5.41) is 7.02. The van der Waals surface area contributed by atoms with E-state index >= 15 is 0 Å². The van der Waals surface area contributed by atoms with Gasteiger partial charge < -0.3 is 15.4 Å². The summed E-state index contributed by atoms with van der Waals surface area (Å²) in [6.07, 6.45) is 3.92. The Bertz CT molecular complexity index is 440. The smallest absolute Gasteiger partial charge is 0.0468 e. The number of rotatable bonds is 7. The first-order valence-corrected chi connectivity index (χ1v) is 7.32. The molecule has 1 aliphatic carbocycles. The minimum absolute atomic E-state index is 0.536. The normalized spacial score (nSPS) is 19.4. The third kappa shape index (κ3) is 3.16. The van der Waals surface area contributed by atoms with Gasteiger partial charge in [0, 0.05) is 39.9 Å². The second-order valence-corrected chi connectivity index (χ2v) is 6.05. The van der Waals surface area contributed by atoms with E-state index in [1.54, 1.807) is 7.11 Å². The van der Waals surface area contributed by atoms with Crippen molar-refractivity contribution < 1.29 is 4.74 Å². The molecule has 3 nitrogen and oxygen atoms in total. The number of hydrogen-bond acceptors (Lipinski definition) is 3. The number of nitrogens with one attached hydrogen (secondary N) is 2. The van der Waals surface area contributed by atoms with E-state index in [2.05, 4.69) is 28.8 Å². The van der Waals surface area contributed by atoms with E-state index in [-0.39, 0.29) is 0 Å². The Morgan fingerprint density at radius 1 is 1.26 bits per heavy atom. The maximum atomic E-state index is 5.20. The van der Waals surface area contributed by atoms with E-state index in [0.29, 0.717) is 5.41 Å². The van der Waals surface area contributed by atoms with Crippen molar-refractivity contribution in [3.05, 3.63) is 34.9 Å². The van der Waals surface area contributed by atoms with Crippen LogP contribution < -0.4 is 10.6 Å². The number of fused-ring (bicyclic) bond motifs is 1. The van der Waals surface area contributed by atoms with Crippen LogP contribution in [0.4, 0.5) is 0 Å². The van der Waals surface area contributed by atoms with Crippen molar-refractivity contribution >= 4 is 0 Å². The van der Waals surface area contributed by atoms with Gasteiger partial charge in [-0.25, -0.2) is 0 Å². The number of benzene rings is 1. The van der Waals surface area contributed by atoms with Gasteiger partial charge in [0.1, 0.15) is 0 Å². The molecule has 0 unspecified atom stereocenters. The molecule has 1 saturated carbocycles. The molecule has 2 N–H and O–H groups in total. The lowest BCUT2D eigenvalue weighted by Crippen LogP contribution is -2.24. The first-order chi connectivity index (χ1) is 9.31. The summed E-state index contributed by atoms with van der Waals surface area (Å²) in [7, 11) is 1.79. The Labute approximate surface area is 115 Å². The lowest BCUT2D eigenvalue weighted by atomic mass is 10.0. The molecule has 104 valence electrons. The minimum atomic E-state index is 0.536. The van der Waals surface area contributed by atoms with Gasteiger partial charge in [0.25, 0.3) is 0 Å². The molecule has 0 bridgehead atoms. The molecule has 1 fully saturated rings. The molecular formula is C16H24N2O. The van der Waals surface area contributed by atoms with Crippen molar-refractivity contribution in [3.8, 4) is 0 Å². The Hall–Kier alpha value is -0.900. The van der Waals surface area contributed by atoms with E-state index in [0.717, 1.165) is 32.8 Å². The molecule has 3 heteroatoms. The maximum Gasteiger partial charge on any atom is 0.0468 e. The Kier molecular flexibility index (Phi) is 3.87. The van der Waals surface area contributed by atoms with Gasteiger partial charge in [-0.05, 0) is 41.4 Å². The Balaban J connectivity index is 1.47. The zero-order valence-electron chi connectivity index (χ0n) is 11.8. The summed E-state index contributed by atoms with van der Waals surface area (Å²) < 4.78 is 5.20. The summed E-state index contributed by atoms with van der Waals surface area (Å²) in [6, 6.07) is 6.87. The van der Waals surface area contributed by atoms with Crippen molar-refractivity contribution in [3.63, 3.8) is 0 Å². The first kappa shape index (κ1) is 13.1. The molecule has 1 aliphatic heterocycles. The average molecular weight is 260 g/mol. The molecule has 0 saturated heterocycles. The van der Waals surface area contributed by atoms with E-state index in [1.165, 1.54) is 36.0 Å². The highest BCUT2D eigenvalue weighted by molar-refractivity contribution is 5.34. The van der Waals surface area contributed by atoms with Crippen LogP contribution in [0.2, 0.25) is 0 Å². The lowest BCUT2D eigenvalue weighted by molar-refractivity contribution is 0.171. The zero-order valence-corrected chi connectivity index (χ0v) is 11.8. The van der Waals surface area contributed by atoms with Crippen LogP contribution in [0.1, 0.15) is 36.0 Å². The predicted molar refractivity (Wildman–Crippen MR) is 76.9 cm³/mol. The quantitative estimate of drug-likeness (QED) is 0.788. The van der Waals surface area contributed by atoms with Gasteiger partial charge in [0.15, 0.2) is 0 Å². The van der Waals surface area contributed by atoms with Gasteiger partial charge in [0.2, 0.25) is 0 Å². The van der Waals surface area contributed by atoms with Crippen molar-refractivity contribution in [2.75, 3.05) is 20.3 Å². The van der Waals surface area contributed by atoms with E-state index in [1.807, 2.05) is 0 Å². The minimum Gasteiger partial charge on any atom is -0.385 e. The van der Waals surface area contributed by atoms with Gasteiger partial charge in [-0.15, -0.1) is 0 Å². The molecule has 3 rings (SSSR count). The molecule has 1 heterocycles. The molecule has 19 heavy (non-hydrogen) atoms.